The lowest BCUT2D eigenvalue weighted by Crippen LogP contribution is -2.50. The van der Waals surface area contributed by atoms with E-state index in [0.717, 1.165) is 30.6 Å². The van der Waals surface area contributed by atoms with Gasteiger partial charge >= 0.3 is 5.97 Å². The van der Waals surface area contributed by atoms with Crippen LogP contribution in [0.1, 0.15) is 46.5 Å². The lowest BCUT2D eigenvalue weighted by atomic mass is 9.88. The number of nitrogens with one attached hydrogen (secondary N) is 2. The highest BCUT2D eigenvalue weighted by Crippen LogP contribution is 2.23. The number of carbonyl (C=O) groups excluding carboxylic acids is 2. The van der Waals surface area contributed by atoms with Crippen molar-refractivity contribution in [1.29, 1.82) is 0 Å². The molecule has 10 heteroatoms. The summed E-state index contributed by atoms with van der Waals surface area (Å²) >= 11 is 0. The molecular formula is C16H29N3O6S. The van der Waals surface area contributed by atoms with Crippen LogP contribution in [0.2, 0.25) is 0 Å². The van der Waals surface area contributed by atoms with E-state index in [1.165, 1.54) is 13.8 Å². The van der Waals surface area contributed by atoms with Crippen LogP contribution in [0.5, 0.6) is 0 Å². The summed E-state index contributed by atoms with van der Waals surface area (Å²) in [6.07, 6.45) is 3.32. The Hall–Kier alpha value is -1.68. The van der Waals surface area contributed by atoms with Gasteiger partial charge in [0.25, 0.3) is 0 Å². The molecule has 150 valence electrons. The molecule has 0 heterocycles. The fourth-order valence-corrected chi connectivity index (χ4v) is 4.26. The zero-order valence-electron chi connectivity index (χ0n) is 15.5. The van der Waals surface area contributed by atoms with Crippen LogP contribution in [0.15, 0.2) is 0 Å². The van der Waals surface area contributed by atoms with Crippen molar-refractivity contribution in [1.82, 2.24) is 14.9 Å². The van der Waals surface area contributed by atoms with Gasteiger partial charge in [0.2, 0.25) is 21.8 Å². The Balaban J connectivity index is 2.70. The zero-order valence-corrected chi connectivity index (χ0v) is 16.3. The highest BCUT2D eigenvalue weighted by molar-refractivity contribution is 7.90. The molecule has 0 spiro atoms. The van der Waals surface area contributed by atoms with Crippen LogP contribution in [-0.2, 0) is 24.4 Å². The van der Waals surface area contributed by atoms with E-state index in [2.05, 4.69) is 17.0 Å². The third-order valence-electron chi connectivity index (χ3n) is 4.55. The number of sulfonamides is 1. The van der Waals surface area contributed by atoms with Crippen LogP contribution in [0.3, 0.4) is 0 Å². The van der Waals surface area contributed by atoms with Gasteiger partial charge in [0.15, 0.2) is 0 Å². The molecule has 0 bridgehead atoms. The fourth-order valence-electron chi connectivity index (χ4n) is 2.94. The second kappa shape index (κ2) is 9.86. The number of rotatable bonds is 9. The minimum Gasteiger partial charge on any atom is -0.480 e. The fraction of sp³-hybridized carbons (Fsp3) is 0.812. The van der Waals surface area contributed by atoms with Crippen molar-refractivity contribution in [2.75, 3.05) is 18.8 Å². The molecule has 9 nitrogen and oxygen atoms in total. The first kappa shape index (κ1) is 22.4. The molecule has 1 aliphatic rings. The predicted molar refractivity (Wildman–Crippen MR) is 95.8 cm³/mol. The van der Waals surface area contributed by atoms with Gasteiger partial charge in [-0.25, -0.2) is 17.9 Å². The zero-order chi connectivity index (χ0) is 19.9. The maximum Gasteiger partial charge on any atom is 0.326 e. The molecule has 3 N–H and O–H groups in total. The molecule has 0 saturated heterocycles. The summed E-state index contributed by atoms with van der Waals surface area (Å²) in [5.74, 6) is -2.61. The normalized spacial score (nSPS) is 21.7. The van der Waals surface area contributed by atoms with Gasteiger partial charge in [-0.05, 0) is 38.5 Å². The van der Waals surface area contributed by atoms with Gasteiger partial charge < -0.3 is 15.3 Å². The van der Waals surface area contributed by atoms with Crippen LogP contribution < -0.4 is 10.0 Å². The Bertz CT molecular complexity index is 613. The van der Waals surface area contributed by atoms with Crippen molar-refractivity contribution in [3.8, 4) is 0 Å². The molecule has 0 aromatic carbocycles. The van der Waals surface area contributed by atoms with Crippen molar-refractivity contribution in [3.05, 3.63) is 0 Å². The van der Waals surface area contributed by atoms with E-state index in [9.17, 15) is 22.8 Å². The van der Waals surface area contributed by atoms with Crippen molar-refractivity contribution < 1.29 is 27.9 Å². The van der Waals surface area contributed by atoms with Gasteiger partial charge in [-0.3, -0.25) is 9.59 Å². The smallest absolute Gasteiger partial charge is 0.326 e. The van der Waals surface area contributed by atoms with E-state index in [-0.39, 0.29) is 25.0 Å². The molecule has 1 rings (SSSR count). The van der Waals surface area contributed by atoms with E-state index >= 15 is 0 Å². The summed E-state index contributed by atoms with van der Waals surface area (Å²) in [7, 11) is -3.87. The first-order valence-electron chi connectivity index (χ1n) is 8.78. The number of carboxylic acids is 1. The Labute approximate surface area is 154 Å². The van der Waals surface area contributed by atoms with Crippen LogP contribution in [0.4, 0.5) is 0 Å². The summed E-state index contributed by atoms with van der Waals surface area (Å²) in [6, 6.07) is -1.38. The summed E-state index contributed by atoms with van der Waals surface area (Å²) in [6.45, 7) is 4.69. The van der Waals surface area contributed by atoms with Gasteiger partial charge in [-0.15, -0.1) is 0 Å². The van der Waals surface area contributed by atoms with E-state index in [1.54, 1.807) is 0 Å². The molecule has 0 aromatic rings. The second-order valence-corrected chi connectivity index (χ2v) is 8.67. The Kier molecular flexibility index (Phi) is 8.48. The van der Waals surface area contributed by atoms with Crippen molar-refractivity contribution in [3.63, 3.8) is 0 Å². The molecule has 0 radical (unpaired) electrons. The molecule has 0 aromatic heterocycles. The van der Waals surface area contributed by atoms with Crippen LogP contribution in [0, 0.1) is 5.92 Å². The van der Waals surface area contributed by atoms with E-state index in [4.69, 9.17) is 5.11 Å². The first-order chi connectivity index (χ1) is 12.0. The van der Waals surface area contributed by atoms with Crippen molar-refractivity contribution >= 4 is 27.8 Å². The lowest BCUT2D eigenvalue weighted by Gasteiger charge is -2.28. The number of aliphatic carboxylic acids is 1. The molecule has 1 aliphatic carbocycles. The number of nitrogens with zero attached hydrogens (tertiary/aromatic N) is 1. The maximum absolute atomic E-state index is 12.4. The minimum atomic E-state index is -3.87. The van der Waals surface area contributed by atoms with E-state index in [0.29, 0.717) is 5.92 Å². The Morgan fingerprint density at radius 2 is 1.77 bits per heavy atom. The Morgan fingerprint density at radius 1 is 1.19 bits per heavy atom. The summed E-state index contributed by atoms with van der Waals surface area (Å²) in [4.78, 5) is 35.5. The average molecular weight is 391 g/mol. The van der Waals surface area contributed by atoms with Crippen LogP contribution in [0.25, 0.3) is 0 Å². The minimum absolute atomic E-state index is 0.0483. The molecular weight excluding hydrogens is 362 g/mol. The number of carboxylic acid groups (broad SMARTS) is 1. The topological polar surface area (TPSA) is 133 Å². The highest BCUT2D eigenvalue weighted by Gasteiger charge is 2.30. The largest absolute Gasteiger partial charge is 0.480 e. The summed E-state index contributed by atoms with van der Waals surface area (Å²) < 4.78 is 27.1. The molecule has 2 amide bonds. The number of hydrogen-bond donors (Lipinski definition) is 3. The molecule has 1 saturated carbocycles. The number of carbonyl (C=O) groups is 3. The standard InChI is InChI=1S/C16H29N3O6S/c1-11-4-6-14(7-5-11)18-26(24,25)10-15(21)19(12(2)16(22)23)9-8-17-13(3)20/h11-12,14,18H,4-10H2,1-3H3,(H,17,20)(H,22,23). The quantitative estimate of drug-likeness (QED) is 0.504. The summed E-state index contributed by atoms with van der Waals surface area (Å²) in [5, 5.41) is 11.6. The van der Waals surface area contributed by atoms with Crippen LogP contribution in [-0.4, -0.2) is 67.1 Å². The number of amides is 2. The predicted octanol–water partition coefficient (Wildman–Crippen LogP) is -0.0777. The van der Waals surface area contributed by atoms with Crippen molar-refractivity contribution in [2.24, 2.45) is 5.92 Å². The average Bonchev–Trinajstić information content (AvgIpc) is 2.52. The molecule has 26 heavy (non-hydrogen) atoms. The molecule has 1 fully saturated rings. The maximum atomic E-state index is 12.4. The third kappa shape index (κ3) is 7.69. The SMILES string of the molecule is CC(=O)NCCN(C(=O)CS(=O)(=O)NC1CCC(C)CC1)C(C)C(=O)O. The van der Waals surface area contributed by atoms with Crippen LogP contribution >= 0.6 is 0 Å². The van der Waals surface area contributed by atoms with E-state index < -0.39 is 33.7 Å². The lowest BCUT2D eigenvalue weighted by molar-refractivity contribution is -0.148. The molecule has 1 atom stereocenters. The second-order valence-electron chi connectivity index (χ2n) is 6.92. The first-order valence-corrected chi connectivity index (χ1v) is 10.4. The van der Waals surface area contributed by atoms with Gasteiger partial charge in [0.1, 0.15) is 11.8 Å². The monoisotopic (exact) mass is 391 g/mol. The molecule has 0 aliphatic heterocycles. The highest BCUT2D eigenvalue weighted by atomic mass is 32.2. The van der Waals surface area contributed by atoms with Crippen molar-refractivity contribution in [2.45, 2.75) is 58.5 Å². The van der Waals surface area contributed by atoms with Gasteiger partial charge in [-0.2, -0.15) is 0 Å². The molecule has 1 unspecified atom stereocenters. The van der Waals surface area contributed by atoms with Gasteiger partial charge in [0, 0.05) is 26.1 Å². The van der Waals surface area contributed by atoms with Gasteiger partial charge in [0.05, 0.1) is 0 Å². The summed E-state index contributed by atoms with van der Waals surface area (Å²) in [5.41, 5.74) is 0. The van der Waals surface area contributed by atoms with Gasteiger partial charge in [-0.1, -0.05) is 6.92 Å². The number of hydrogen-bond acceptors (Lipinski definition) is 5. The Morgan fingerprint density at radius 3 is 2.27 bits per heavy atom. The van der Waals surface area contributed by atoms with E-state index in [1.807, 2.05) is 0 Å². The third-order valence-corrected chi connectivity index (χ3v) is 5.87.